The van der Waals surface area contributed by atoms with Crippen LogP contribution < -0.4 is 10.1 Å². The SMILES string of the molecule is COc1cc(C(CC(=O)O)NC(=O)OC(C)(C)C)ccc1O. The van der Waals surface area contributed by atoms with Crippen molar-refractivity contribution >= 4 is 12.1 Å². The third kappa shape index (κ3) is 5.51. The Morgan fingerprint density at radius 1 is 1.32 bits per heavy atom. The molecule has 0 radical (unpaired) electrons. The van der Waals surface area contributed by atoms with Crippen LogP contribution in [0.4, 0.5) is 4.79 Å². The number of ether oxygens (including phenoxy) is 2. The van der Waals surface area contributed by atoms with Crippen LogP contribution in [0.15, 0.2) is 18.2 Å². The van der Waals surface area contributed by atoms with Crippen LogP contribution >= 0.6 is 0 Å². The maximum Gasteiger partial charge on any atom is 0.408 e. The number of carboxylic acids is 1. The lowest BCUT2D eigenvalue weighted by Gasteiger charge is -2.23. The molecule has 1 aromatic carbocycles. The molecule has 1 amide bonds. The van der Waals surface area contributed by atoms with Crippen molar-refractivity contribution in [3.8, 4) is 11.5 Å². The predicted molar refractivity (Wildman–Crippen MR) is 79.0 cm³/mol. The lowest BCUT2D eigenvalue weighted by Crippen LogP contribution is -2.35. The summed E-state index contributed by atoms with van der Waals surface area (Å²) in [4.78, 5) is 22.8. The van der Waals surface area contributed by atoms with Gasteiger partial charge in [0.2, 0.25) is 0 Å². The van der Waals surface area contributed by atoms with Gasteiger partial charge in [-0.05, 0) is 38.5 Å². The van der Waals surface area contributed by atoms with Crippen LogP contribution in [0.5, 0.6) is 11.5 Å². The summed E-state index contributed by atoms with van der Waals surface area (Å²) in [5.74, 6) is -0.954. The molecule has 0 aliphatic carbocycles. The number of nitrogens with one attached hydrogen (secondary N) is 1. The van der Waals surface area contributed by atoms with Gasteiger partial charge in [0.25, 0.3) is 0 Å². The molecular weight excluding hydrogens is 290 g/mol. The molecule has 0 aliphatic heterocycles. The van der Waals surface area contributed by atoms with Crippen LogP contribution in [-0.4, -0.2) is 35.0 Å². The van der Waals surface area contributed by atoms with E-state index in [-0.39, 0.29) is 17.9 Å². The normalized spacial score (nSPS) is 12.4. The molecule has 0 heterocycles. The van der Waals surface area contributed by atoms with Crippen LogP contribution in [0.2, 0.25) is 0 Å². The second kappa shape index (κ2) is 7.02. The van der Waals surface area contributed by atoms with E-state index in [2.05, 4.69) is 5.32 Å². The summed E-state index contributed by atoms with van der Waals surface area (Å²) >= 11 is 0. The molecule has 1 rings (SSSR count). The van der Waals surface area contributed by atoms with Gasteiger partial charge >= 0.3 is 12.1 Å². The van der Waals surface area contributed by atoms with Crippen molar-refractivity contribution in [2.75, 3.05) is 7.11 Å². The van der Waals surface area contributed by atoms with Crippen LogP contribution in [0.25, 0.3) is 0 Å². The molecule has 0 aliphatic rings. The molecule has 0 saturated carbocycles. The number of hydrogen-bond acceptors (Lipinski definition) is 5. The zero-order chi connectivity index (χ0) is 16.9. The number of rotatable bonds is 5. The Kier molecular flexibility index (Phi) is 5.62. The second-order valence-electron chi connectivity index (χ2n) is 5.73. The van der Waals surface area contributed by atoms with E-state index >= 15 is 0 Å². The molecule has 3 N–H and O–H groups in total. The molecule has 122 valence electrons. The number of carbonyl (C=O) groups excluding carboxylic acids is 1. The molecule has 0 aromatic heterocycles. The van der Waals surface area contributed by atoms with Gasteiger partial charge in [-0.1, -0.05) is 6.07 Å². The first-order valence-electron chi connectivity index (χ1n) is 6.70. The van der Waals surface area contributed by atoms with E-state index in [0.29, 0.717) is 5.56 Å². The highest BCUT2D eigenvalue weighted by atomic mass is 16.6. The number of benzene rings is 1. The van der Waals surface area contributed by atoms with Gasteiger partial charge in [-0.3, -0.25) is 4.79 Å². The molecular formula is C15H21NO6. The fourth-order valence-electron chi connectivity index (χ4n) is 1.79. The summed E-state index contributed by atoms with van der Waals surface area (Å²) in [6.45, 7) is 5.13. The predicted octanol–water partition coefficient (Wildman–Crippen LogP) is 2.44. The number of amides is 1. The molecule has 0 saturated heterocycles. The smallest absolute Gasteiger partial charge is 0.408 e. The summed E-state index contributed by atoms with van der Waals surface area (Å²) in [6.07, 6.45) is -1.04. The first-order chi connectivity index (χ1) is 10.1. The van der Waals surface area contributed by atoms with E-state index in [9.17, 15) is 14.7 Å². The van der Waals surface area contributed by atoms with E-state index in [1.165, 1.54) is 25.3 Å². The van der Waals surface area contributed by atoms with Gasteiger partial charge in [-0.2, -0.15) is 0 Å². The van der Waals surface area contributed by atoms with Gasteiger partial charge in [0.15, 0.2) is 11.5 Å². The fourth-order valence-corrected chi connectivity index (χ4v) is 1.79. The fraction of sp³-hybridized carbons (Fsp3) is 0.467. The summed E-state index contributed by atoms with van der Waals surface area (Å²) < 4.78 is 10.1. The Morgan fingerprint density at radius 2 is 1.95 bits per heavy atom. The van der Waals surface area contributed by atoms with Crippen molar-refractivity contribution in [3.63, 3.8) is 0 Å². The van der Waals surface area contributed by atoms with Crippen molar-refractivity contribution in [1.29, 1.82) is 0 Å². The van der Waals surface area contributed by atoms with Crippen molar-refractivity contribution in [3.05, 3.63) is 23.8 Å². The van der Waals surface area contributed by atoms with E-state index in [1.807, 2.05) is 0 Å². The van der Waals surface area contributed by atoms with Gasteiger partial charge in [0.1, 0.15) is 5.60 Å². The number of carboxylic acid groups (broad SMARTS) is 1. The van der Waals surface area contributed by atoms with Gasteiger partial charge < -0.3 is 25.0 Å². The Balaban J connectivity index is 2.98. The molecule has 7 heteroatoms. The average Bonchev–Trinajstić information content (AvgIpc) is 2.35. The third-order valence-electron chi connectivity index (χ3n) is 2.68. The quantitative estimate of drug-likeness (QED) is 0.771. The summed E-state index contributed by atoms with van der Waals surface area (Å²) in [5, 5.41) is 21.1. The zero-order valence-corrected chi connectivity index (χ0v) is 13.0. The lowest BCUT2D eigenvalue weighted by atomic mass is 10.0. The highest BCUT2D eigenvalue weighted by molar-refractivity contribution is 5.72. The molecule has 22 heavy (non-hydrogen) atoms. The van der Waals surface area contributed by atoms with Gasteiger partial charge in [0.05, 0.1) is 19.6 Å². The molecule has 0 fully saturated rings. The minimum absolute atomic E-state index is 0.0717. The Hall–Kier alpha value is -2.44. The number of phenolic OH excluding ortho intramolecular Hbond substituents is 1. The maximum absolute atomic E-state index is 11.8. The number of alkyl carbamates (subject to hydrolysis) is 1. The lowest BCUT2D eigenvalue weighted by molar-refractivity contribution is -0.137. The second-order valence-corrected chi connectivity index (χ2v) is 5.73. The maximum atomic E-state index is 11.8. The first kappa shape index (κ1) is 17.6. The number of phenols is 1. The number of carbonyl (C=O) groups is 2. The summed E-state index contributed by atoms with van der Waals surface area (Å²) in [6, 6.07) is 3.56. The Labute approximate surface area is 128 Å². The topological polar surface area (TPSA) is 105 Å². The summed E-state index contributed by atoms with van der Waals surface area (Å²) in [5.41, 5.74) is -0.201. The van der Waals surface area contributed by atoms with Crippen LogP contribution in [-0.2, 0) is 9.53 Å². The van der Waals surface area contributed by atoms with Crippen LogP contribution in [0.3, 0.4) is 0 Å². The van der Waals surface area contributed by atoms with Gasteiger partial charge in [-0.25, -0.2) is 4.79 Å². The third-order valence-corrected chi connectivity index (χ3v) is 2.68. The van der Waals surface area contributed by atoms with Gasteiger partial charge in [-0.15, -0.1) is 0 Å². The molecule has 0 bridgehead atoms. The molecule has 1 unspecified atom stereocenters. The van der Waals surface area contributed by atoms with E-state index < -0.39 is 23.7 Å². The minimum atomic E-state index is -1.08. The van der Waals surface area contributed by atoms with Crippen LogP contribution in [0.1, 0.15) is 38.8 Å². The number of methoxy groups -OCH3 is 1. The van der Waals surface area contributed by atoms with Crippen molar-refractivity contribution in [2.45, 2.75) is 38.8 Å². The monoisotopic (exact) mass is 311 g/mol. The van der Waals surface area contributed by atoms with Crippen molar-refractivity contribution in [2.24, 2.45) is 0 Å². The van der Waals surface area contributed by atoms with Gasteiger partial charge in [0, 0.05) is 0 Å². The van der Waals surface area contributed by atoms with E-state index in [4.69, 9.17) is 14.6 Å². The molecule has 7 nitrogen and oxygen atoms in total. The Morgan fingerprint density at radius 3 is 2.45 bits per heavy atom. The van der Waals surface area contributed by atoms with E-state index in [0.717, 1.165) is 0 Å². The number of aliphatic carboxylic acids is 1. The highest BCUT2D eigenvalue weighted by Gasteiger charge is 2.23. The largest absolute Gasteiger partial charge is 0.504 e. The first-order valence-corrected chi connectivity index (χ1v) is 6.70. The van der Waals surface area contributed by atoms with Crippen molar-refractivity contribution < 1.29 is 29.3 Å². The standard InChI is InChI=1S/C15H21NO6/c1-15(2,3)22-14(20)16-10(8-13(18)19)9-5-6-11(17)12(7-9)21-4/h5-7,10,17H,8H2,1-4H3,(H,16,20)(H,18,19). The van der Waals surface area contributed by atoms with Crippen molar-refractivity contribution in [1.82, 2.24) is 5.32 Å². The molecule has 1 aromatic rings. The Bertz CT molecular complexity index is 549. The average molecular weight is 311 g/mol. The molecule has 0 spiro atoms. The van der Waals surface area contributed by atoms with Crippen LogP contribution in [0, 0.1) is 0 Å². The minimum Gasteiger partial charge on any atom is -0.504 e. The number of hydrogen-bond donors (Lipinski definition) is 3. The number of aromatic hydroxyl groups is 1. The van der Waals surface area contributed by atoms with E-state index in [1.54, 1.807) is 20.8 Å². The summed E-state index contributed by atoms with van der Waals surface area (Å²) in [7, 11) is 1.38. The molecule has 1 atom stereocenters. The highest BCUT2D eigenvalue weighted by Crippen LogP contribution is 2.30. The zero-order valence-electron chi connectivity index (χ0n) is 13.0.